The van der Waals surface area contributed by atoms with Gasteiger partial charge in [-0.1, -0.05) is 18.2 Å². The maximum atomic E-state index is 11.6. The van der Waals surface area contributed by atoms with Gasteiger partial charge < -0.3 is 19.2 Å². The molecule has 5 nitrogen and oxygen atoms in total. The number of ether oxygens (including phenoxy) is 2. The van der Waals surface area contributed by atoms with Crippen molar-refractivity contribution in [3.8, 4) is 11.5 Å². The molecule has 0 amide bonds. The van der Waals surface area contributed by atoms with Crippen molar-refractivity contribution in [1.82, 2.24) is 0 Å². The van der Waals surface area contributed by atoms with Gasteiger partial charge in [-0.3, -0.25) is 4.79 Å². The lowest BCUT2D eigenvalue weighted by Gasteiger charge is -2.19. The van der Waals surface area contributed by atoms with E-state index >= 15 is 0 Å². The predicted octanol–water partition coefficient (Wildman–Crippen LogP) is 3.87. The summed E-state index contributed by atoms with van der Waals surface area (Å²) in [5.74, 6) is 0.757. The molecule has 26 heavy (non-hydrogen) atoms. The van der Waals surface area contributed by atoms with E-state index in [1.165, 1.54) is 12.6 Å². The minimum absolute atomic E-state index is 0.0244. The molecular formula is C21H25NO4. The Kier molecular flexibility index (Phi) is 7.68. The lowest BCUT2D eigenvalue weighted by molar-refractivity contribution is -0.135. The Hall–Kier alpha value is -2.82. The van der Waals surface area contributed by atoms with Crippen molar-refractivity contribution in [2.75, 3.05) is 25.1 Å². The fourth-order valence-corrected chi connectivity index (χ4v) is 2.37. The number of benzene rings is 2. The highest BCUT2D eigenvalue weighted by atomic mass is 16.5. The quantitative estimate of drug-likeness (QED) is 0.368. The highest BCUT2D eigenvalue weighted by molar-refractivity contribution is 5.81. The van der Waals surface area contributed by atoms with Crippen LogP contribution in [-0.4, -0.2) is 32.0 Å². The van der Waals surface area contributed by atoms with Gasteiger partial charge in [-0.05, 0) is 49.7 Å². The summed E-state index contributed by atoms with van der Waals surface area (Å²) >= 11 is 0. The van der Waals surface area contributed by atoms with Crippen LogP contribution in [0.5, 0.6) is 11.5 Å². The number of Topliss-reactive ketones (excluding diaryl/α,β-unsaturated/α-hetero) is 1. The Morgan fingerprint density at radius 1 is 0.923 bits per heavy atom. The van der Waals surface area contributed by atoms with E-state index in [1.807, 2.05) is 18.2 Å². The average Bonchev–Trinajstić information content (AvgIpc) is 2.65. The summed E-state index contributed by atoms with van der Waals surface area (Å²) in [4.78, 5) is 24.6. The van der Waals surface area contributed by atoms with Crippen LogP contribution in [0, 0.1) is 0 Å². The molecule has 0 atom stereocenters. The van der Waals surface area contributed by atoms with Gasteiger partial charge in [0.25, 0.3) is 0 Å². The number of hydrogen-bond acceptors (Lipinski definition) is 5. The SMILES string of the molecule is CC(=O)CCC(=O)Oc1ccc(OCCCN(C)c2ccccc2)cc1. The molecule has 0 aliphatic carbocycles. The number of carbonyl (C=O) groups excluding carboxylic acids is 2. The Morgan fingerprint density at radius 2 is 1.58 bits per heavy atom. The van der Waals surface area contributed by atoms with Crippen molar-refractivity contribution >= 4 is 17.4 Å². The monoisotopic (exact) mass is 355 g/mol. The van der Waals surface area contributed by atoms with Crippen molar-refractivity contribution < 1.29 is 19.1 Å². The summed E-state index contributed by atoms with van der Waals surface area (Å²) in [5, 5.41) is 0. The van der Waals surface area contributed by atoms with Crippen LogP contribution in [0.25, 0.3) is 0 Å². The Morgan fingerprint density at radius 3 is 2.23 bits per heavy atom. The van der Waals surface area contributed by atoms with Crippen LogP contribution < -0.4 is 14.4 Å². The molecule has 5 heteroatoms. The molecule has 0 N–H and O–H groups in total. The van der Waals surface area contributed by atoms with Gasteiger partial charge >= 0.3 is 5.97 Å². The third-order valence-electron chi connectivity index (χ3n) is 3.84. The number of esters is 1. The van der Waals surface area contributed by atoms with Gasteiger partial charge in [0.2, 0.25) is 0 Å². The molecule has 0 saturated heterocycles. The Labute approximate surface area is 154 Å². The third-order valence-corrected chi connectivity index (χ3v) is 3.84. The van der Waals surface area contributed by atoms with Crippen LogP contribution in [0.15, 0.2) is 54.6 Å². The van der Waals surface area contributed by atoms with Gasteiger partial charge in [0, 0.05) is 25.7 Å². The van der Waals surface area contributed by atoms with Gasteiger partial charge in [0.05, 0.1) is 13.0 Å². The highest BCUT2D eigenvalue weighted by Gasteiger charge is 2.07. The van der Waals surface area contributed by atoms with Crippen LogP contribution in [0.4, 0.5) is 5.69 Å². The zero-order valence-electron chi connectivity index (χ0n) is 15.3. The lowest BCUT2D eigenvalue weighted by Crippen LogP contribution is -2.20. The van der Waals surface area contributed by atoms with Crippen LogP contribution in [-0.2, 0) is 9.59 Å². The standard InChI is InChI=1S/C21H25NO4/c1-17(23)9-14-21(24)26-20-12-10-19(11-13-20)25-16-6-15-22(2)18-7-4-3-5-8-18/h3-5,7-8,10-13H,6,9,14-16H2,1-2H3. The molecule has 0 bridgehead atoms. The Bertz CT molecular complexity index is 698. The number of para-hydroxylation sites is 1. The lowest BCUT2D eigenvalue weighted by atomic mass is 10.2. The number of rotatable bonds is 10. The van der Waals surface area contributed by atoms with E-state index in [9.17, 15) is 9.59 Å². The van der Waals surface area contributed by atoms with E-state index in [-0.39, 0.29) is 18.6 Å². The number of anilines is 1. The zero-order valence-corrected chi connectivity index (χ0v) is 15.3. The summed E-state index contributed by atoms with van der Waals surface area (Å²) in [5.41, 5.74) is 1.18. The first-order chi connectivity index (χ1) is 12.5. The Balaban J connectivity index is 1.69. The third kappa shape index (κ3) is 6.97. The molecular weight excluding hydrogens is 330 g/mol. The van der Waals surface area contributed by atoms with Crippen molar-refractivity contribution in [3.63, 3.8) is 0 Å². The number of carbonyl (C=O) groups is 2. The van der Waals surface area contributed by atoms with Crippen molar-refractivity contribution in [2.24, 2.45) is 0 Å². The molecule has 0 unspecified atom stereocenters. The fraction of sp³-hybridized carbons (Fsp3) is 0.333. The van der Waals surface area contributed by atoms with E-state index in [4.69, 9.17) is 9.47 Å². The van der Waals surface area contributed by atoms with E-state index in [1.54, 1.807) is 24.3 Å². The van der Waals surface area contributed by atoms with Gasteiger partial charge in [-0.15, -0.1) is 0 Å². The summed E-state index contributed by atoms with van der Waals surface area (Å²) in [7, 11) is 2.06. The minimum atomic E-state index is -0.405. The van der Waals surface area contributed by atoms with Gasteiger partial charge in [0.1, 0.15) is 17.3 Å². The summed E-state index contributed by atoms with van der Waals surface area (Å²) in [6.45, 7) is 2.96. The average molecular weight is 355 g/mol. The van der Waals surface area contributed by atoms with E-state index in [0.717, 1.165) is 18.7 Å². The second-order valence-corrected chi connectivity index (χ2v) is 6.11. The fourth-order valence-electron chi connectivity index (χ4n) is 2.37. The van der Waals surface area contributed by atoms with Gasteiger partial charge in [-0.2, -0.15) is 0 Å². The maximum Gasteiger partial charge on any atom is 0.311 e. The minimum Gasteiger partial charge on any atom is -0.494 e. The molecule has 0 heterocycles. The van der Waals surface area contributed by atoms with Crippen LogP contribution in [0.2, 0.25) is 0 Å². The zero-order chi connectivity index (χ0) is 18.8. The van der Waals surface area contributed by atoms with Gasteiger partial charge in [0.15, 0.2) is 0 Å². The first kappa shape index (κ1) is 19.5. The molecule has 0 aliphatic heterocycles. The predicted molar refractivity (Wildman–Crippen MR) is 102 cm³/mol. The normalized spacial score (nSPS) is 10.2. The summed E-state index contributed by atoms with van der Waals surface area (Å²) in [6.07, 6.45) is 1.20. The number of hydrogen-bond donors (Lipinski definition) is 0. The number of ketones is 1. The molecule has 0 spiro atoms. The molecule has 138 valence electrons. The topological polar surface area (TPSA) is 55.8 Å². The van der Waals surface area contributed by atoms with E-state index in [2.05, 4.69) is 24.1 Å². The molecule has 2 aromatic rings. The molecule has 0 fully saturated rings. The van der Waals surface area contributed by atoms with Crippen molar-refractivity contribution in [1.29, 1.82) is 0 Å². The summed E-state index contributed by atoms with van der Waals surface area (Å²) < 4.78 is 10.9. The number of nitrogens with zero attached hydrogens (tertiary/aromatic N) is 1. The molecule has 2 rings (SSSR count). The molecule has 0 aromatic heterocycles. The van der Waals surface area contributed by atoms with E-state index in [0.29, 0.717) is 12.4 Å². The second-order valence-electron chi connectivity index (χ2n) is 6.11. The summed E-state index contributed by atoms with van der Waals surface area (Å²) in [6, 6.07) is 17.1. The largest absolute Gasteiger partial charge is 0.494 e. The van der Waals surface area contributed by atoms with Crippen LogP contribution >= 0.6 is 0 Å². The van der Waals surface area contributed by atoms with Crippen molar-refractivity contribution in [2.45, 2.75) is 26.2 Å². The highest BCUT2D eigenvalue weighted by Crippen LogP contribution is 2.18. The van der Waals surface area contributed by atoms with Crippen LogP contribution in [0.3, 0.4) is 0 Å². The smallest absolute Gasteiger partial charge is 0.311 e. The molecule has 0 radical (unpaired) electrons. The molecule has 2 aromatic carbocycles. The first-order valence-corrected chi connectivity index (χ1v) is 8.74. The van der Waals surface area contributed by atoms with Crippen molar-refractivity contribution in [3.05, 3.63) is 54.6 Å². The van der Waals surface area contributed by atoms with E-state index < -0.39 is 5.97 Å². The van der Waals surface area contributed by atoms with Crippen LogP contribution in [0.1, 0.15) is 26.2 Å². The van der Waals surface area contributed by atoms with Gasteiger partial charge in [-0.25, -0.2) is 0 Å². The molecule has 0 aliphatic rings. The first-order valence-electron chi connectivity index (χ1n) is 8.74. The maximum absolute atomic E-state index is 11.6. The molecule has 0 saturated carbocycles. The second kappa shape index (κ2) is 10.2.